The van der Waals surface area contributed by atoms with Crippen molar-refractivity contribution in [2.45, 2.75) is 31.2 Å². The molecule has 0 atom stereocenters. The van der Waals surface area contributed by atoms with E-state index >= 15 is 0 Å². The number of phenolic OH excluding ortho intramolecular Hbond substituents is 1. The summed E-state index contributed by atoms with van der Waals surface area (Å²) in [5.41, 5.74) is -0.727. The van der Waals surface area contributed by atoms with Crippen LogP contribution in [-0.4, -0.2) is 24.4 Å². The molecular formula is C14H14FNO4. The molecule has 3 rings (SSSR count). The third-order valence-corrected chi connectivity index (χ3v) is 3.87. The first-order valence-corrected chi connectivity index (χ1v) is 6.58. The summed E-state index contributed by atoms with van der Waals surface area (Å²) in [7, 11) is 0. The zero-order chi connectivity index (χ0) is 14.2. The van der Waals surface area contributed by atoms with Gasteiger partial charge in [-0.2, -0.15) is 4.99 Å². The van der Waals surface area contributed by atoms with Gasteiger partial charge in [0.15, 0.2) is 23.1 Å². The number of aliphatic imine (C=N–C) groups is 1. The van der Waals surface area contributed by atoms with Crippen LogP contribution in [0.1, 0.15) is 31.2 Å². The first kappa shape index (κ1) is 12.9. The number of fused-ring (bicyclic) bond motifs is 1. The number of ether oxygens (including phenoxy) is 2. The molecule has 1 aromatic rings. The van der Waals surface area contributed by atoms with E-state index in [-0.39, 0.29) is 11.3 Å². The van der Waals surface area contributed by atoms with Crippen molar-refractivity contribution in [2.24, 2.45) is 4.99 Å². The van der Waals surface area contributed by atoms with Crippen LogP contribution in [0.5, 0.6) is 17.2 Å². The van der Waals surface area contributed by atoms with Crippen LogP contribution in [0, 0.1) is 5.82 Å². The molecule has 106 valence electrons. The van der Waals surface area contributed by atoms with E-state index in [1.54, 1.807) is 0 Å². The second kappa shape index (κ2) is 4.80. The van der Waals surface area contributed by atoms with Gasteiger partial charge in [-0.3, -0.25) is 0 Å². The summed E-state index contributed by atoms with van der Waals surface area (Å²) in [6.07, 6.45) is 4.14. The Balaban J connectivity index is 2.23. The zero-order valence-corrected chi connectivity index (χ0v) is 10.8. The molecule has 2 aliphatic rings. The number of benzene rings is 1. The lowest BCUT2D eigenvalue weighted by molar-refractivity contribution is 0.227. The molecule has 0 aromatic heterocycles. The average molecular weight is 279 g/mol. The van der Waals surface area contributed by atoms with Gasteiger partial charge in [-0.1, -0.05) is 0 Å². The van der Waals surface area contributed by atoms with Crippen LogP contribution < -0.4 is 9.47 Å². The maximum atomic E-state index is 13.9. The average Bonchev–Trinajstić information content (AvgIpc) is 2.61. The van der Waals surface area contributed by atoms with E-state index in [0.717, 1.165) is 12.5 Å². The summed E-state index contributed by atoms with van der Waals surface area (Å²) in [6.45, 7) is 0.826. The van der Waals surface area contributed by atoms with E-state index in [2.05, 4.69) is 4.99 Å². The highest BCUT2D eigenvalue weighted by Crippen LogP contribution is 2.54. The van der Waals surface area contributed by atoms with E-state index in [9.17, 15) is 14.3 Å². The van der Waals surface area contributed by atoms with Gasteiger partial charge in [-0.25, -0.2) is 9.18 Å². The maximum absolute atomic E-state index is 13.9. The molecule has 5 nitrogen and oxygen atoms in total. The number of carbonyl (C=O) groups excluding carboxylic acids is 1. The summed E-state index contributed by atoms with van der Waals surface area (Å²) in [5, 5.41) is 10.1. The van der Waals surface area contributed by atoms with Gasteiger partial charge < -0.3 is 14.6 Å². The van der Waals surface area contributed by atoms with E-state index in [0.29, 0.717) is 38.2 Å². The van der Waals surface area contributed by atoms with E-state index < -0.39 is 17.1 Å². The van der Waals surface area contributed by atoms with Gasteiger partial charge in [0.1, 0.15) is 5.54 Å². The third-order valence-electron chi connectivity index (χ3n) is 3.87. The van der Waals surface area contributed by atoms with Crippen molar-refractivity contribution in [1.29, 1.82) is 0 Å². The first-order valence-electron chi connectivity index (χ1n) is 6.58. The number of nitrogens with zero attached hydrogens (tertiary/aromatic N) is 1. The smallest absolute Gasteiger partial charge is 0.235 e. The molecule has 0 saturated heterocycles. The molecule has 1 N–H and O–H groups in total. The van der Waals surface area contributed by atoms with Gasteiger partial charge in [0.2, 0.25) is 6.08 Å². The maximum Gasteiger partial charge on any atom is 0.235 e. The quantitative estimate of drug-likeness (QED) is 0.666. The molecule has 1 saturated carbocycles. The molecule has 1 aliphatic carbocycles. The number of hydrogen-bond acceptors (Lipinski definition) is 5. The van der Waals surface area contributed by atoms with Gasteiger partial charge >= 0.3 is 0 Å². The lowest BCUT2D eigenvalue weighted by Crippen LogP contribution is -2.32. The van der Waals surface area contributed by atoms with Gasteiger partial charge in [0, 0.05) is 12.5 Å². The number of hydrogen-bond donors (Lipinski definition) is 1. The van der Waals surface area contributed by atoms with Crippen molar-refractivity contribution in [3.63, 3.8) is 0 Å². The van der Waals surface area contributed by atoms with Crippen LogP contribution in [0.2, 0.25) is 0 Å². The second-order valence-electron chi connectivity index (χ2n) is 5.05. The standard InChI is InChI=1S/C14H14FNO4/c15-9-7-10-13(20-6-2-5-19-10)11(12(9)18)14(16-8-17)3-1-4-14/h7,18H,1-6H2. The Morgan fingerprint density at radius 1 is 1.30 bits per heavy atom. The Kier molecular flexibility index (Phi) is 3.10. The molecule has 20 heavy (non-hydrogen) atoms. The Bertz CT molecular complexity index is 591. The molecule has 0 radical (unpaired) electrons. The highest BCUT2D eigenvalue weighted by molar-refractivity contribution is 5.59. The van der Waals surface area contributed by atoms with Gasteiger partial charge in [0.05, 0.1) is 18.8 Å². The largest absolute Gasteiger partial charge is 0.504 e. The minimum Gasteiger partial charge on any atom is -0.504 e. The monoisotopic (exact) mass is 279 g/mol. The minimum absolute atomic E-state index is 0.212. The first-order chi connectivity index (χ1) is 9.68. The predicted octanol–water partition coefficient (Wildman–Crippen LogP) is 2.41. The van der Waals surface area contributed by atoms with Crippen LogP contribution in [0.25, 0.3) is 0 Å². The zero-order valence-electron chi connectivity index (χ0n) is 10.8. The van der Waals surface area contributed by atoms with Gasteiger partial charge in [-0.15, -0.1) is 0 Å². The van der Waals surface area contributed by atoms with Crippen molar-refractivity contribution < 1.29 is 23.8 Å². The molecule has 1 aromatic carbocycles. The summed E-state index contributed by atoms with van der Waals surface area (Å²) in [5.74, 6) is -0.773. The fourth-order valence-corrected chi connectivity index (χ4v) is 2.71. The summed E-state index contributed by atoms with van der Waals surface area (Å²) >= 11 is 0. The van der Waals surface area contributed by atoms with Crippen molar-refractivity contribution in [2.75, 3.05) is 13.2 Å². The van der Waals surface area contributed by atoms with Crippen molar-refractivity contribution in [3.8, 4) is 17.2 Å². The molecule has 1 aliphatic heterocycles. The van der Waals surface area contributed by atoms with Crippen molar-refractivity contribution in [3.05, 3.63) is 17.4 Å². The predicted molar refractivity (Wildman–Crippen MR) is 67.3 cm³/mol. The highest BCUT2D eigenvalue weighted by atomic mass is 19.1. The van der Waals surface area contributed by atoms with Crippen LogP contribution in [0.15, 0.2) is 11.1 Å². The van der Waals surface area contributed by atoms with Crippen LogP contribution in [0.4, 0.5) is 4.39 Å². The summed E-state index contributed by atoms with van der Waals surface area (Å²) in [6, 6.07) is 1.11. The fraction of sp³-hybridized carbons (Fsp3) is 0.500. The Morgan fingerprint density at radius 2 is 2.05 bits per heavy atom. The molecular weight excluding hydrogens is 265 g/mol. The highest BCUT2D eigenvalue weighted by Gasteiger charge is 2.45. The van der Waals surface area contributed by atoms with E-state index in [1.165, 1.54) is 6.08 Å². The number of aromatic hydroxyl groups is 1. The number of rotatable bonds is 2. The number of phenols is 1. The number of isocyanates is 1. The summed E-state index contributed by atoms with van der Waals surface area (Å²) < 4.78 is 25.0. The topological polar surface area (TPSA) is 68.1 Å². The fourth-order valence-electron chi connectivity index (χ4n) is 2.71. The normalized spacial score (nSPS) is 19.4. The van der Waals surface area contributed by atoms with Crippen molar-refractivity contribution in [1.82, 2.24) is 0 Å². The van der Waals surface area contributed by atoms with E-state index in [1.807, 2.05) is 0 Å². The Labute approximate surface area is 115 Å². The Hall–Kier alpha value is -2.07. The molecule has 0 bridgehead atoms. The van der Waals surface area contributed by atoms with Gasteiger partial charge in [0.25, 0.3) is 0 Å². The lowest BCUT2D eigenvalue weighted by Gasteiger charge is -2.38. The second-order valence-corrected chi connectivity index (χ2v) is 5.05. The molecule has 1 fully saturated rings. The van der Waals surface area contributed by atoms with E-state index in [4.69, 9.17) is 9.47 Å². The third kappa shape index (κ3) is 1.84. The molecule has 0 spiro atoms. The SMILES string of the molecule is O=C=NC1(c2c(O)c(F)cc3c2OCCCO3)CCC1. The van der Waals surface area contributed by atoms with Gasteiger partial charge in [-0.05, 0) is 19.3 Å². The Morgan fingerprint density at radius 3 is 2.70 bits per heavy atom. The van der Waals surface area contributed by atoms with Crippen LogP contribution >= 0.6 is 0 Å². The molecule has 6 heteroatoms. The van der Waals surface area contributed by atoms with Crippen molar-refractivity contribution >= 4 is 6.08 Å². The molecule has 0 unspecified atom stereocenters. The van der Waals surface area contributed by atoms with Crippen LogP contribution in [-0.2, 0) is 10.3 Å². The molecule has 1 heterocycles. The summed E-state index contributed by atoms with van der Waals surface area (Å²) in [4.78, 5) is 14.5. The minimum atomic E-state index is -0.939. The molecule has 0 amide bonds. The lowest BCUT2D eigenvalue weighted by atomic mass is 9.71. The van der Waals surface area contributed by atoms with Crippen LogP contribution in [0.3, 0.4) is 0 Å². The number of halogens is 1.